The van der Waals surface area contributed by atoms with E-state index in [9.17, 15) is 9.59 Å². The fraction of sp³-hybridized carbons (Fsp3) is 0.600. The Bertz CT molecular complexity index is 653. The van der Waals surface area contributed by atoms with E-state index in [1.165, 1.54) is 0 Å². The molecule has 2 aliphatic rings. The van der Waals surface area contributed by atoms with Gasteiger partial charge < -0.3 is 24.6 Å². The molecule has 7 nitrogen and oxygen atoms in total. The minimum atomic E-state index is -1.01. The van der Waals surface area contributed by atoms with Crippen LogP contribution in [0.4, 0.5) is 0 Å². The molecule has 27 heavy (non-hydrogen) atoms. The summed E-state index contributed by atoms with van der Waals surface area (Å²) < 4.78 is 16.4. The van der Waals surface area contributed by atoms with E-state index in [1.807, 2.05) is 19.1 Å². The highest BCUT2D eigenvalue weighted by atomic mass is 16.5. The number of carbonyl (C=O) groups excluding carboxylic acids is 1. The molecule has 0 spiro atoms. The van der Waals surface area contributed by atoms with Gasteiger partial charge in [0.25, 0.3) is 0 Å². The zero-order chi connectivity index (χ0) is 19.3. The van der Waals surface area contributed by atoms with Gasteiger partial charge in [-0.25, -0.2) is 4.79 Å². The van der Waals surface area contributed by atoms with E-state index in [2.05, 4.69) is 17.4 Å². The number of benzene rings is 1. The molecule has 0 aliphatic carbocycles. The van der Waals surface area contributed by atoms with E-state index in [-0.39, 0.29) is 11.3 Å². The largest absolute Gasteiger partial charge is 0.494 e. The van der Waals surface area contributed by atoms with Crippen LogP contribution in [0.2, 0.25) is 0 Å². The maximum Gasteiger partial charge on any atom is 0.332 e. The molecule has 3 rings (SSSR count). The first-order chi connectivity index (χ1) is 13.0. The molecule has 7 heteroatoms. The molecule has 1 amide bonds. The SMILES string of the molecule is CCOc1ccc(C2(CNC(=O)[C@@H]3CC[C@H](C(=O)O)O3)CCOCC2)cc1. The molecule has 2 N–H and O–H groups in total. The molecule has 2 atom stereocenters. The minimum Gasteiger partial charge on any atom is -0.494 e. The van der Waals surface area contributed by atoms with Crippen LogP contribution in [0, 0.1) is 0 Å². The second-order valence-electron chi connectivity index (χ2n) is 7.10. The van der Waals surface area contributed by atoms with Gasteiger partial charge in [-0.15, -0.1) is 0 Å². The summed E-state index contributed by atoms with van der Waals surface area (Å²) >= 11 is 0. The van der Waals surface area contributed by atoms with Crippen LogP contribution in [0.3, 0.4) is 0 Å². The quantitative estimate of drug-likeness (QED) is 0.754. The number of rotatable bonds is 7. The van der Waals surface area contributed by atoms with Crippen LogP contribution in [-0.4, -0.2) is 55.6 Å². The Kier molecular flexibility index (Phi) is 6.34. The number of carboxylic acid groups (broad SMARTS) is 1. The summed E-state index contributed by atoms with van der Waals surface area (Å²) in [6, 6.07) is 8.01. The molecule has 2 heterocycles. The Balaban J connectivity index is 1.66. The van der Waals surface area contributed by atoms with Crippen LogP contribution in [0.25, 0.3) is 0 Å². The molecule has 1 aromatic carbocycles. The Morgan fingerprint density at radius 3 is 2.44 bits per heavy atom. The van der Waals surface area contributed by atoms with E-state index in [4.69, 9.17) is 19.3 Å². The summed E-state index contributed by atoms with van der Waals surface area (Å²) in [6.45, 7) is 4.32. The van der Waals surface area contributed by atoms with Crippen molar-refractivity contribution in [2.24, 2.45) is 0 Å². The molecule has 0 aromatic heterocycles. The Morgan fingerprint density at radius 2 is 1.85 bits per heavy atom. The molecular formula is C20H27NO6. The smallest absolute Gasteiger partial charge is 0.332 e. The van der Waals surface area contributed by atoms with Crippen LogP contribution < -0.4 is 10.1 Å². The number of carboxylic acids is 1. The minimum absolute atomic E-state index is 0.205. The third-order valence-electron chi connectivity index (χ3n) is 5.42. The summed E-state index contributed by atoms with van der Waals surface area (Å²) in [5.74, 6) is -0.428. The van der Waals surface area contributed by atoms with E-state index in [1.54, 1.807) is 0 Å². The fourth-order valence-corrected chi connectivity index (χ4v) is 3.78. The molecular weight excluding hydrogens is 350 g/mol. The van der Waals surface area contributed by atoms with Crippen LogP contribution in [0.5, 0.6) is 5.75 Å². The van der Waals surface area contributed by atoms with Crippen molar-refractivity contribution in [1.29, 1.82) is 0 Å². The normalized spacial score (nSPS) is 24.3. The average Bonchev–Trinajstić information content (AvgIpc) is 3.18. The van der Waals surface area contributed by atoms with E-state index in [0.717, 1.165) is 24.2 Å². The standard InChI is InChI=1S/C20H27NO6/c1-2-26-15-5-3-14(4-6-15)20(9-11-25-12-10-20)13-21-18(22)16-7-8-17(27-16)19(23)24/h3-6,16-17H,2,7-13H2,1H3,(H,21,22)(H,23,24)/t16-,17+/m0/s1. The molecule has 1 aromatic rings. The number of hydrogen-bond acceptors (Lipinski definition) is 5. The summed E-state index contributed by atoms with van der Waals surface area (Å²) in [6.07, 6.45) is 0.842. The molecule has 0 bridgehead atoms. The Hall–Kier alpha value is -2.12. The number of aliphatic carboxylic acids is 1. The van der Waals surface area contributed by atoms with Crippen LogP contribution in [0.15, 0.2) is 24.3 Å². The van der Waals surface area contributed by atoms with Crippen LogP contribution >= 0.6 is 0 Å². The lowest BCUT2D eigenvalue weighted by molar-refractivity contribution is -0.151. The molecule has 0 unspecified atom stereocenters. The third kappa shape index (κ3) is 4.59. The number of ether oxygens (including phenoxy) is 3. The van der Waals surface area contributed by atoms with Crippen molar-refractivity contribution in [2.45, 2.75) is 50.2 Å². The summed E-state index contributed by atoms with van der Waals surface area (Å²) in [7, 11) is 0. The lowest BCUT2D eigenvalue weighted by Crippen LogP contribution is -2.47. The summed E-state index contributed by atoms with van der Waals surface area (Å²) in [5.41, 5.74) is 0.939. The van der Waals surface area contributed by atoms with Gasteiger partial charge in [0, 0.05) is 25.2 Å². The second kappa shape index (κ2) is 8.71. The topological polar surface area (TPSA) is 94.1 Å². The highest BCUT2D eigenvalue weighted by Gasteiger charge is 2.38. The fourth-order valence-electron chi connectivity index (χ4n) is 3.78. The molecule has 0 radical (unpaired) electrons. The van der Waals surface area contributed by atoms with Gasteiger partial charge in [0.05, 0.1) is 6.61 Å². The third-order valence-corrected chi connectivity index (χ3v) is 5.42. The van der Waals surface area contributed by atoms with Gasteiger partial charge in [-0.05, 0) is 50.3 Å². The van der Waals surface area contributed by atoms with Crippen molar-refractivity contribution in [1.82, 2.24) is 5.32 Å². The van der Waals surface area contributed by atoms with Gasteiger partial charge in [-0.1, -0.05) is 12.1 Å². The Labute approximate surface area is 159 Å². The van der Waals surface area contributed by atoms with E-state index >= 15 is 0 Å². The predicted molar refractivity (Wildman–Crippen MR) is 97.9 cm³/mol. The highest BCUT2D eigenvalue weighted by molar-refractivity contribution is 5.82. The molecule has 2 saturated heterocycles. The summed E-state index contributed by atoms with van der Waals surface area (Å²) in [5, 5.41) is 12.0. The van der Waals surface area contributed by atoms with Crippen molar-refractivity contribution < 1.29 is 28.9 Å². The highest BCUT2D eigenvalue weighted by Crippen LogP contribution is 2.35. The van der Waals surface area contributed by atoms with Gasteiger partial charge >= 0.3 is 5.97 Å². The van der Waals surface area contributed by atoms with Crippen molar-refractivity contribution in [3.8, 4) is 5.75 Å². The van der Waals surface area contributed by atoms with Gasteiger partial charge in [0.2, 0.25) is 5.91 Å². The lowest BCUT2D eigenvalue weighted by Gasteiger charge is -2.38. The first kappa shape index (κ1) is 19.6. The van der Waals surface area contributed by atoms with Crippen molar-refractivity contribution >= 4 is 11.9 Å². The van der Waals surface area contributed by atoms with E-state index in [0.29, 0.717) is 39.2 Å². The zero-order valence-electron chi connectivity index (χ0n) is 15.6. The first-order valence-electron chi connectivity index (χ1n) is 9.51. The average molecular weight is 377 g/mol. The van der Waals surface area contributed by atoms with Crippen LogP contribution in [-0.2, 0) is 24.5 Å². The van der Waals surface area contributed by atoms with Crippen molar-refractivity contribution in [2.75, 3.05) is 26.4 Å². The van der Waals surface area contributed by atoms with Crippen molar-refractivity contribution in [3.05, 3.63) is 29.8 Å². The monoisotopic (exact) mass is 377 g/mol. The number of carbonyl (C=O) groups is 2. The maximum absolute atomic E-state index is 12.5. The van der Waals surface area contributed by atoms with Crippen molar-refractivity contribution in [3.63, 3.8) is 0 Å². The Morgan fingerprint density at radius 1 is 1.19 bits per heavy atom. The predicted octanol–water partition coefficient (Wildman–Crippen LogP) is 1.88. The number of amides is 1. The first-order valence-corrected chi connectivity index (χ1v) is 9.51. The van der Waals surface area contributed by atoms with E-state index < -0.39 is 18.2 Å². The zero-order valence-corrected chi connectivity index (χ0v) is 15.6. The molecule has 0 saturated carbocycles. The van der Waals surface area contributed by atoms with Gasteiger partial charge in [0.1, 0.15) is 11.9 Å². The van der Waals surface area contributed by atoms with Crippen LogP contribution in [0.1, 0.15) is 38.2 Å². The number of nitrogens with one attached hydrogen (secondary N) is 1. The van der Waals surface area contributed by atoms with Gasteiger partial charge in [-0.3, -0.25) is 4.79 Å². The number of hydrogen-bond donors (Lipinski definition) is 2. The molecule has 148 valence electrons. The summed E-state index contributed by atoms with van der Waals surface area (Å²) in [4.78, 5) is 23.5. The molecule has 2 aliphatic heterocycles. The maximum atomic E-state index is 12.5. The van der Waals surface area contributed by atoms with Gasteiger partial charge in [0.15, 0.2) is 6.10 Å². The second-order valence-corrected chi connectivity index (χ2v) is 7.10. The molecule has 2 fully saturated rings. The lowest BCUT2D eigenvalue weighted by atomic mass is 9.74. The van der Waals surface area contributed by atoms with Gasteiger partial charge in [-0.2, -0.15) is 0 Å².